The third kappa shape index (κ3) is 2.25. The van der Waals surface area contributed by atoms with Crippen LogP contribution >= 0.6 is 11.3 Å². The zero-order chi connectivity index (χ0) is 10.9. The van der Waals surface area contributed by atoms with Gasteiger partial charge in [0.1, 0.15) is 0 Å². The van der Waals surface area contributed by atoms with Crippen molar-refractivity contribution in [1.29, 1.82) is 0 Å². The molecule has 2 rings (SSSR count). The summed E-state index contributed by atoms with van der Waals surface area (Å²) in [5.74, 6) is 0.534. The maximum Gasteiger partial charge on any atom is 0.0965 e. The van der Waals surface area contributed by atoms with Crippen LogP contribution in [0.15, 0.2) is 16.8 Å². The first-order valence-electron chi connectivity index (χ1n) is 5.52. The molecule has 0 radical (unpaired) electrons. The fourth-order valence-electron chi connectivity index (χ4n) is 1.84. The van der Waals surface area contributed by atoms with Crippen LogP contribution in [0.4, 0.5) is 0 Å². The molecular weight excluding hydrogens is 206 g/mol. The molecule has 1 saturated heterocycles. The first-order chi connectivity index (χ1) is 7.12. The molecular formula is C12H19NOS. The Bertz CT molecular complexity index is 309. The van der Waals surface area contributed by atoms with Crippen LogP contribution in [-0.2, 0) is 4.74 Å². The van der Waals surface area contributed by atoms with Crippen LogP contribution in [0.5, 0.6) is 0 Å². The number of nitrogens with one attached hydrogen (secondary N) is 1. The SMILES string of the molecule is CC(C)C1(C)CNCC(c2ccsc2)O1. The molecule has 0 spiro atoms. The molecule has 15 heavy (non-hydrogen) atoms. The lowest BCUT2D eigenvalue weighted by atomic mass is 9.90. The van der Waals surface area contributed by atoms with E-state index in [9.17, 15) is 0 Å². The van der Waals surface area contributed by atoms with Crippen LogP contribution in [0.25, 0.3) is 0 Å². The van der Waals surface area contributed by atoms with Crippen molar-refractivity contribution < 1.29 is 4.74 Å². The molecule has 1 aromatic rings. The molecule has 84 valence electrons. The average Bonchev–Trinajstić information content (AvgIpc) is 2.70. The van der Waals surface area contributed by atoms with E-state index in [0.717, 1.165) is 13.1 Å². The van der Waals surface area contributed by atoms with Gasteiger partial charge in [0.25, 0.3) is 0 Å². The van der Waals surface area contributed by atoms with Crippen molar-refractivity contribution >= 4 is 11.3 Å². The van der Waals surface area contributed by atoms with Crippen LogP contribution in [0.2, 0.25) is 0 Å². The molecule has 0 amide bonds. The Morgan fingerprint density at radius 1 is 1.60 bits per heavy atom. The molecule has 1 N–H and O–H groups in total. The maximum atomic E-state index is 6.22. The highest BCUT2D eigenvalue weighted by molar-refractivity contribution is 7.07. The summed E-state index contributed by atoms with van der Waals surface area (Å²) in [6.45, 7) is 8.52. The maximum absolute atomic E-state index is 6.22. The van der Waals surface area contributed by atoms with Gasteiger partial charge in [-0.05, 0) is 35.2 Å². The monoisotopic (exact) mass is 225 g/mol. The van der Waals surface area contributed by atoms with E-state index in [1.54, 1.807) is 11.3 Å². The van der Waals surface area contributed by atoms with Crippen molar-refractivity contribution in [3.63, 3.8) is 0 Å². The largest absolute Gasteiger partial charge is 0.364 e. The van der Waals surface area contributed by atoms with Crippen molar-refractivity contribution in [2.75, 3.05) is 13.1 Å². The van der Waals surface area contributed by atoms with Crippen LogP contribution in [0.3, 0.4) is 0 Å². The van der Waals surface area contributed by atoms with E-state index in [0.29, 0.717) is 5.92 Å². The molecule has 1 aromatic heterocycles. The van der Waals surface area contributed by atoms with Gasteiger partial charge in [-0.1, -0.05) is 13.8 Å². The standard InChI is InChI=1S/C12H19NOS/c1-9(2)12(3)8-13-6-11(14-12)10-4-5-15-7-10/h4-5,7,9,11,13H,6,8H2,1-3H3. The lowest BCUT2D eigenvalue weighted by Gasteiger charge is -2.42. The van der Waals surface area contributed by atoms with Crippen LogP contribution in [-0.4, -0.2) is 18.7 Å². The summed E-state index contributed by atoms with van der Waals surface area (Å²) in [4.78, 5) is 0. The molecule has 1 aliphatic rings. The molecule has 1 aliphatic heterocycles. The highest BCUT2D eigenvalue weighted by atomic mass is 32.1. The van der Waals surface area contributed by atoms with E-state index in [-0.39, 0.29) is 11.7 Å². The fourth-order valence-corrected chi connectivity index (χ4v) is 2.55. The van der Waals surface area contributed by atoms with Crippen molar-refractivity contribution in [3.8, 4) is 0 Å². The highest BCUT2D eigenvalue weighted by Gasteiger charge is 2.36. The number of hydrogen-bond donors (Lipinski definition) is 1. The van der Waals surface area contributed by atoms with Crippen molar-refractivity contribution in [1.82, 2.24) is 5.32 Å². The molecule has 1 fully saturated rings. The smallest absolute Gasteiger partial charge is 0.0965 e. The first-order valence-corrected chi connectivity index (χ1v) is 6.47. The summed E-state index contributed by atoms with van der Waals surface area (Å²) in [5.41, 5.74) is 1.27. The van der Waals surface area contributed by atoms with E-state index in [2.05, 4.69) is 42.9 Å². The van der Waals surface area contributed by atoms with E-state index in [4.69, 9.17) is 4.74 Å². The minimum Gasteiger partial charge on any atom is -0.364 e. The van der Waals surface area contributed by atoms with Gasteiger partial charge in [0.05, 0.1) is 11.7 Å². The van der Waals surface area contributed by atoms with Gasteiger partial charge in [0.2, 0.25) is 0 Å². The van der Waals surface area contributed by atoms with Gasteiger partial charge in [-0.25, -0.2) is 0 Å². The number of morpholine rings is 1. The Kier molecular flexibility index (Phi) is 3.14. The second kappa shape index (κ2) is 4.24. The zero-order valence-corrected chi connectivity index (χ0v) is 10.4. The molecule has 2 atom stereocenters. The zero-order valence-electron chi connectivity index (χ0n) is 9.62. The Balaban J connectivity index is 2.11. The topological polar surface area (TPSA) is 21.3 Å². The van der Waals surface area contributed by atoms with Gasteiger partial charge < -0.3 is 10.1 Å². The number of thiophene rings is 1. The molecule has 0 aliphatic carbocycles. The predicted molar refractivity (Wildman–Crippen MR) is 64.3 cm³/mol. The van der Waals surface area contributed by atoms with Gasteiger partial charge in [-0.3, -0.25) is 0 Å². The van der Waals surface area contributed by atoms with Crippen LogP contribution in [0.1, 0.15) is 32.4 Å². The van der Waals surface area contributed by atoms with Gasteiger partial charge >= 0.3 is 0 Å². The second-order valence-corrected chi connectivity index (χ2v) is 5.54. The molecule has 2 unspecified atom stereocenters. The minimum absolute atomic E-state index is 0.0369. The van der Waals surface area contributed by atoms with Gasteiger partial charge in [-0.2, -0.15) is 11.3 Å². The molecule has 2 nitrogen and oxygen atoms in total. The van der Waals surface area contributed by atoms with Crippen molar-refractivity contribution in [2.45, 2.75) is 32.5 Å². The third-order valence-corrected chi connectivity index (χ3v) is 4.05. The number of ether oxygens (including phenoxy) is 1. The molecule has 3 heteroatoms. The molecule has 0 saturated carbocycles. The summed E-state index contributed by atoms with van der Waals surface area (Å²) >= 11 is 1.73. The summed E-state index contributed by atoms with van der Waals surface area (Å²) < 4.78 is 6.22. The van der Waals surface area contributed by atoms with Crippen molar-refractivity contribution in [2.24, 2.45) is 5.92 Å². The summed E-state index contributed by atoms with van der Waals surface area (Å²) in [7, 11) is 0. The molecule has 0 aromatic carbocycles. The molecule has 2 heterocycles. The predicted octanol–water partition coefficient (Wildman–Crippen LogP) is 2.82. The lowest BCUT2D eigenvalue weighted by Crippen LogP contribution is -2.51. The quantitative estimate of drug-likeness (QED) is 0.835. The van der Waals surface area contributed by atoms with Crippen LogP contribution < -0.4 is 5.32 Å². The average molecular weight is 225 g/mol. The second-order valence-electron chi connectivity index (χ2n) is 4.76. The lowest BCUT2D eigenvalue weighted by molar-refractivity contribution is -0.132. The minimum atomic E-state index is -0.0369. The van der Waals surface area contributed by atoms with Crippen molar-refractivity contribution in [3.05, 3.63) is 22.4 Å². The van der Waals surface area contributed by atoms with E-state index in [1.807, 2.05) is 0 Å². The summed E-state index contributed by atoms with van der Waals surface area (Å²) in [6, 6.07) is 2.16. The van der Waals surface area contributed by atoms with E-state index in [1.165, 1.54) is 5.56 Å². The number of rotatable bonds is 2. The van der Waals surface area contributed by atoms with Gasteiger partial charge in [-0.15, -0.1) is 0 Å². The van der Waals surface area contributed by atoms with Gasteiger partial charge in [0, 0.05) is 13.1 Å². The molecule has 0 bridgehead atoms. The van der Waals surface area contributed by atoms with Gasteiger partial charge in [0.15, 0.2) is 0 Å². The summed E-state index contributed by atoms with van der Waals surface area (Å²) in [5, 5.41) is 7.76. The normalized spacial score (nSPS) is 32.1. The Morgan fingerprint density at radius 2 is 2.40 bits per heavy atom. The first kappa shape index (κ1) is 11.1. The van der Waals surface area contributed by atoms with E-state index < -0.39 is 0 Å². The third-order valence-electron chi connectivity index (χ3n) is 3.35. The van der Waals surface area contributed by atoms with Crippen LogP contribution in [0, 0.1) is 5.92 Å². The Hall–Kier alpha value is -0.380. The summed E-state index contributed by atoms with van der Waals surface area (Å²) in [6.07, 6.45) is 0.220. The Morgan fingerprint density at radius 3 is 3.00 bits per heavy atom. The number of hydrogen-bond acceptors (Lipinski definition) is 3. The van der Waals surface area contributed by atoms with E-state index >= 15 is 0 Å². The fraction of sp³-hybridized carbons (Fsp3) is 0.667. The highest BCUT2D eigenvalue weighted by Crippen LogP contribution is 2.32. The Labute approximate surface area is 95.6 Å².